The first-order chi connectivity index (χ1) is 16.6. The van der Waals surface area contributed by atoms with Crippen LogP contribution in [0.4, 0.5) is 0 Å². The topological polar surface area (TPSA) is 67.7 Å². The number of nitrogens with zero attached hydrogens (tertiary/aromatic N) is 4. The summed E-state index contributed by atoms with van der Waals surface area (Å²) in [5.41, 5.74) is 6.01. The van der Waals surface area contributed by atoms with Gasteiger partial charge in [-0.2, -0.15) is 5.10 Å². The third kappa shape index (κ3) is 3.56. The Morgan fingerprint density at radius 2 is 1.65 bits per heavy atom. The molecule has 0 aliphatic carbocycles. The van der Waals surface area contributed by atoms with Gasteiger partial charge in [0.2, 0.25) is 5.91 Å². The summed E-state index contributed by atoms with van der Waals surface area (Å²) in [4.78, 5) is 30.7. The van der Waals surface area contributed by atoms with E-state index in [-0.39, 0.29) is 17.7 Å². The summed E-state index contributed by atoms with van der Waals surface area (Å²) in [6, 6.07) is 16.2. The molecule has 0 saturated heterocycles. The van der Waals surface area contributed by atoms with Crippen LogP contribution in [0.2, 0.25) is 0 Å². The lowest BCUT2D eigenvalue weighted by atomic mass is 9.94. The van der Waals surface area contributed by atoms with Gasteiger partial charge in [0.1, 0.15) is 12.4 Å². The molecule has 1 aromatic heterocycles. The Morgan fingerprint density at radius 1 is 0.912 bits per heavy atom. The van der Waals surface area contributed by atoms with E-state index in [1.54, 1.807) is 0 Å². The zero-order valence-electron chi connectivity index (χ0n) is 19.4. The number of carbonyl (C=O) groups excluding carboxylic acids is 2. The van der Waals surface area contributed by atoms with Crippen molar-refractivity contribution in [2.75, 3.05) is 19.7 Å². The highest BCUT2D eigenvalue weighted by Gasteiger charge is 2.35. The van der Waals surface area contributed by atoms with E-state index in [4.69, 9.17) is 4.74 Å². The Bertz CT molecular complexity index is 1280. The molecular weight excluding hydrogens is 428 g/mol. The summed E-state index contributed by atoms with van der Waals surface area (Å²) in [6.45, 7) is 2.73. The molecule has 34 heavy (non-hydrogen) atoms. The molecule has 0 radical (unpaired) electrons. The van der Waals surface area contributed by atoms with Crippen molar-refractivity contribution in [1.29, 1.82) is 0 Å². The number of para-hydroxylation sites is 1. The van der Waals surface area contributed by atoms with E-state index >= 15 is 0 Å². The summed E-state index contributed by atoms with van der Waals surface area (Å²) < 4.78 is 7.69. The van der Waals surface area contributed by atoms with Crippen LogP contribution in [0.3, 0.4) is 0 Å². The Kier molecular flexibility index (Phi) is 5.12. The Balaban J connectivity index is 1.21. The molecule has 3 aliphatic rings. The van der Waals surface area contributed by atoms with Crippen molar-refractivity contribution >= 4 is 11.8 Å². The van der Waals surface area contributed by atoms with Gasteiger partial charge < -0.3 is 14.5 Å². The fourth-order valence-corrected chi connectivity index (χ4v) is 5.52. The number of hydrogen-bond donors (Lipinski definition) is 0. The van der Waals surface area contributed by atoms with Gasteiger partial charge in [0, 0.05) is 50.9 Å². The molecule has 0 saturated carbocycles. The molecule has 1 atom stereocenters. The number of rotatable bonds is 2. The summed E-state index contributed by atoms with van der Waals surface area (Å²) in [5.74, 6) is 0.714. The van der Waals surface area contributed by atoms with Gasteiger partial charge in [-0.25, -0.2) is 0 Å². The molecule has 174 valence electrons. The van der Waals surface area contributed by atoms with Crippen LogP contribution in [0, 0.1) is 5.92 Å². The molecule has 2 aromatic carbocycles. The molecule has 1 unspecified atom stereocenters. The molecule has 0 N–H and O–H groups in total. The molecule has 3 aromatic rings. The van der Waals surface area contributed by atoms with E-state index < -0.39 is 0 Å². The first-order valence-electron chi connectivity index (χ1n) is 12.0. The quantitative estimate of drug-likeness (QED) is 0.595. The largest absolute Gasteiger partial charge is 0.492 e. The number of aryl methyl sites for hydroxylation is 1. The summed E-state index contributed by atoms with van der Waals surface area (Å²) in [5, 5.41) is 4.62. The molecule has 0 bridgehead atoms. The van der Waals surface area contributed by atoms with Gasteiger partial charge in [0.05, 0.1) is 5.92 Å². The minimum absolute atomic E-state index is 0.0458. The highest BCUT2D eigenvalue weighted by Crippen LogP contribution is 2.30. The fraction of sp³-hybridized carbons (Fsp3) is 0.370. The van der Waals surface area contributed by atoms with Crippen LogP contribution in [0.1, 0.15) is 38.4 Å². The van der Waals surface area contributed by atoms with Crippen molar-refractivity contribution in [2.24, 2.45) is 13.0 Å². The van der Waals surface area contributed by atoms with Gasteiger partial charge in [-0.05, 0) is 35.6 Å². The molecule has 7 nitrogen and oxygen atoms in total. The second kappa shape index (κ2) is 8.31. The number of aromatic nitrogens is 2. The number of amides is 2. The molecule has 3 aliphatic heterocycles. The Labute approximate surface area is 198 Å². The first kappa shape index (κ1) is 21.0. The van der Waals surface area contributed by atoms with Gasteiger partial charge in [0.25, 0.3) is 5.91 Å². The predicted octanol–water partition coefficient (Wildman–Crippen LogP) is 2.75. The van der Waals surface area contributed by atoms with Crippen LogP contribution in [-0.2, 0) is 44.2 Å². The first-order valence-corrected chi connectivity index (χ1v) is 12.0. The summed E-state index contributed by atoms with van der Waals surface area (Å²) in [6.07, 6.45) is 2.24. The number of carbonyl (C=O) groups is 2. The van der Waals surface area contributed by atoms with Crippen molar-refractivity contribution in [3.05, 3.63) is 82.2 Å². The lowest BCUT2D eigenvalue weighted by molar-refractivity contribution is -0.137. The van der Waals surface area contributed by atoms with Crippen molar-refractivity contribution in [3.8, 4) is 5.75 Å². The van der Waals surface area contributed by atoms with Crippen LogP contribution in [-0.4, -0.2) is 51.1 Å². The average molecular weight is 457 g/mol. The monoisotopic (exact) mass is 456 g/mol. The van der Waals surface area contributed by atoms with E-state index in [0.29, 0.717) is 51.3 Å². The lowest BCUT2D eigenvalue weighted by Crippen LogP contribution is -2.44. The van der Waals surface area contributed by atoms with Crippen LogP contribution < -0.4 is 4.74 Å². The van der Waals surface area contributed by atoms with Crippen molar-refractivity contribution in [2.45, 2.75) is 32.4 Å². The second-order valence-corrected chi connectivity index (χ2v) is 9.47. The van der Waals surface area contributed by atoms with Crippen molar-refractivity contribution in [1.82, 2.24) is 19.6 Å². The van der Waals surface area contributed by atoms with Gasteiger partial charge in [-0.3, -0.25) is 14.3 Å². The molecule has 0 fully saturated rings. The maximum Gasteiger partial charge on any atom is 0.275 e. The third-order valence-electron chi connectivity index (χ3n) is 7.40. The normalized spacial score (nSPS) is 19.0. The number of hydrogen-bond acceptors (Lipinski definition) is 4. The van der Waals surface area contributed by atoms with Crippen LogP contribution in [0.5, 0.6) is 5.75 Å². The van der Waals surface area contributed by atoms with Gasteiger partial charge in [0.15, 0.2) is 5.69 Å². The molecule has 2 amide bonds. The van der Waals surface area contributed by atoms with Gasteiger partial charge in [-0.15, -0.1) is 0 Å². The van der Waals surface area contributed by atoms with Gasteiger partial charge in [-0.1, -0.05) is 42.5 Å². The summed E-state index contributed by atoms with van der Waals surface area (Å²) in [7, 11) is 1.89. The highest BCUT2D eigenvalue weighted by molar-refractivity contribution is 5.94. The van der Waals surface area contributed by atoms with E-state index in [1.165, 1.54) is 11.1 Å². The van der Waals surface area contributed by atoms with Gasteiger partial charge >= 0.3 is 0 Å². The zero-order chi connectivity index (χ0) is 23.2. The van der Waals surface area contributed by atoms with Crippen LogP contribution >= 0.6 is 0 Å². The SMILES string of the molecule is Cn1nc(C(=O)N2CCc3ccccc3C2)c2c1CCN(C(=O)C1COc3ccccc3C1)C2. The predicted molar refractivity (Wildman–Crippen MR) is 126 cm³/mol. The van der Waals surface area contributed by atoms with Crippen LogP contribution in [0.15, 0.2) is 48.5 Å². The maximum atomic E-state index is 13.5. The number of fused-ring (bicyclic) bond motifs is 3. The third-order valence-corrected chi connectivity index (χ3v) is 7.40. The molecule has 4 heterocycles. The lowest BCUT2D eigenvalue weighted by Gasteiger charge is -2.33. The number of ether oxygens (including phenoxy) is 1. The molecule has 0 spiro atoms. The van der Waals surface area contributed by atoms with Crippen molar-refractivity contribution < 1.29 is 14.3 Å². The molecule has 7 heteroatoms. The zero-order valence-corrected chi connectivity index (χ0v) is 19.4. The number of benzene rings is 2. The van der Waals surface area contributed by atoms with Crippen LogP contribution in [0.25, 0.3) is 0 Å². The minimum Gasteiger partial charge on any atom is -0.492 e. The van der Waals surface area contributed by atoms with Crippen molar-refractivity contribution in [3.63, 3.8) is 0 Å². The van der Waals surface area contributed by atoms with E-state index in [1.807, 2.05) is 57.9 Å². The Hall–Kier alpha value is -3.61. The average Bonchev–Trinajstić information content (AvgIpc) is 3.22. The minimum atomic E-state index is -0.203. The molecule has 6 rings (SSSR count). The second-order valence-electron chi connectivity index (χ2n) is 9.47. The maximum absolute atomic E-state index is 13.5. The van der Waals surface area contributed by atoms with E-state index in [0.717, 1.165) is 29.0 Å². The summed E-state index contributed by atoms with van der Waals surface area (Å²) >= 11 is 0. The standard InChI is InChI=1S/C27H28N4O3/c1-29-23-11-13-31(26(32)21-14-19-7-4-5-9-24(19)34-17-21)16-22(23)25(28-29)27(33)30-12-10-18-6-2-3-8-20(18)15-30/h2-9,21H,10-17H2,1H3. The smallest absolute Gasteiger partial charge is 0.275 e. The Morgan fingerprint density at radius 3 is 2.50 bits per heavy atom. The van der Waals surface area contributed by atoms with E-state index in [2.05, 4.69) is 17.2 Å². The molecular formula is C27H28N4O3. The highest BCUT2D eigenvalue weighted by atomic mass is 16.5. The fourth-order valence-electron chi connectivity index (χ4n) is 5.52. The van der Waals surface area contributed by atoms with E-state index in [9.17, 15) is 9.59 Å².